The second kappa shape index (κ2) is 7.26. The van der Waals surface area contributed by atoms with E-state index in [9.17, 15) is 0 Å². The molecule has 0 aliphatic carbocycles. The molecule has 5 heteroatoms. The molecular formula is C16H16Cl3NO. The molecule has 0 fully saturated rings. The summed E-state index contributed by atoms with van der Waals surface area (Å²) in [6.07, 6.45) is 0.167. The van der Waals surface area contributed by atoms with Crippen molar-refractivity contribution in [2.45, 2.75) is 26.5 Å². The van der Waals surface area contributed by atoms with Gasteiger partial charge in [-0.25, -0.2) is 0 Å². The fraction of sp³-hybridized carbons (Fsp3) is 0.250. The number of rotatable bonds is 5. The Labute approximate surface area is 140 Å². The summed E-state index contributed by atoms with van der Waals surface area (Å²) in [6, 6.07) is 11.2. The maximum Gasteiger partial charge on any atom is 0.119 e. The van der Waals surface area contributed by atoms with E-state index in [0.29, 0.717) is 27.3 Å². The summed E-state index contributed by atoms with van der Waals surface area (Å²) in [7, 11) is 0. The Hall–Kier alpha value is -1.09. The molecule has 2 rings (SSSR count). The number of ether oxygens (including phenoxy) is 1. The minimum atomic E-state index is 0.167. The van der Waals surface area contributed by atoms with Gasteiger partial charge in [0.15, 0.2) is 0 Å². The molecule has 112 valence electrons. The van der Waals surface area contributed by atoms with Gasteiger partial charge in [0.25, 0.3) is 0 Å². The van der Waals surface area contributed by atoms with Gasteiger partial charge in [-0.1, -0.05) is 46.9 Å². The molecule has 0 unspecified atom stereocenters. The smallest absolute Gasteiger partial charge is 0.119 e. The molecule has 0 saturated carbocycles. The number of hydrogen-bond donors (Lipinski definition) is 1. The van der Waals surface area contributed by atoms with Crippen molar-refractivity contribution in [2.24, 2.45) is 0 Å². The van der Waals surface area contributed by atoms with Crippen molar-refractivity contribution in [3.8, 4) is 5.75 Å². The maximum atomic E-state index is 6.13. The standard InChI is InChI=1S/C16H16Cl3NO/c1-10(2)21-13-5-3-11(4-6-13)9-20-16-14(18)7-12(17)8-15(16)19/h3-8,10,20H,9H2,1-2H3. The van der Waals surface area contributed by atoms with Crippen LogP contribution in [0.4, 0.5) is 5.69 Å². The van der Waals surface area contributed by atoms with Gasteiger partial charge in [-0.2, -0.15) is 0 Å². The summed E-state index contributed by atoms with van der Waals surface area (Å²) in [5.41, 5.74) is 1.79. The molecular weight excluding hydrogens is 329 g/mol. The van der Waals surface area contributed by atoms with Crippen molar-refractivity contribution < 1.29 is 4.74 Å². The van der Waals surface area contributed by atoms with Gasteiger partial charge < -0.3 is 10.1 Å². The van der Waals surface area contributed by atoms with Crippen LogP contribution in [0, 0.1) is 0 Å². The Morgan fingerprint density at radius 2 is 1.57 bits per heavy atom. The molecule has 0 heterocycles. The van der Waals surface area contributed by atoms with Crippen molar-refractivity contribution in [1.29, 1.82) is 0 Å². The lowest BCUT2D eigenvalue weighted by Gasteiger charge is -2.12. The van der Waals surface area contributed by atoms with Crippen LogP contribution in [0.15, 0.2) is 36.4 Å². The topological polar surface area (TPSA) is 21.3 Å². The summed E-state index contributed by atoms with van der Waals surface area (Å²) in [5.74, 6) is 0.858. The highest BCUT2D eigenvalue weighted by Gasteiger charge is 2.07. The highest BCUT2D eigenvalue weighted by Crippen LogP contribution is 2.34. The molecule has 1 N–H and O–H groups in total. The molecule has 0 radical (unpaired) electrons. The van der Waals surface area contributed by atoms with Crippen LogP contribution in [-0.2, 0) is 6.54 Å². The van der Waals surface area contributed by atoms with Crippen LogP contribution in [0.5, 0.6) is 5.75 Å². The fourth-order valence-electron chi connectivity index (χ4n) is 1.86. The van der Waals surface area contributed by atoms with E-state index >= 15 is 0 Å². The first kappa shape index (κ1) is 16.3. The molecule has 2 aromatic carbocycles. The lowest BCUT2D eigenvalue weighted by molar-refractivity contribution is 0.242. The third-order valence-electron chi connectivity index (χ3n) is 2.77. The van der Waals surface area contributed by atoms with E-state index in [1.807, 2.05) is 38.1 Å². The van der Waals surface area contributed by atoms with Crippen LogP contribution in [-0.4, -0.2) is 6.10 Å². The monoisotopic (exact) mass is 343 g/mol. The molecule has 0 spiro atoms. The average Bonchev–Trinajstić information content (AvgIpc) is 2.38. The number of hydrogen-bond acceptors (Lipinski definition) is 2. The first-order chi connectivity index (χ1) is 9.95. The van der Waals surface area contributed by atoms with E-state index in [-0.39, 0.29) is 6.10 Å². The van der Waals surface area contributed by atoms with Gasteiger partial charge in [-0.3, -0.25) is 0 Å². The largest absolute Gasteiger partial charge is 0.491 e. The van der Waals surface area contributed by atoms with E-state index in [1.165, 1.54) is 0 Å². The third kappa shape index (κ3) is 4.70. The molecule has 0 aliphatic heterocycles. The molecule has 0 aliphatic rings. The molecule has 0 bridgehead atoms. The quantitative estimate of drug-likeness (QED) is 0.713. The van der Waals surface area contributed by atoms with Crippen LogP contribution < -0.4 is 10.1 Å². The minimum Gasteiger partial charge on any atom is -0.491 e. The van der Waals surface area contributed by atoms with Crippen LogP contribution in [0.1, 0.15) is 19.4 Å². The number of benzene rings is 2. The molecule has 2 nitrogen and oxygen atoms in total. The molecule has 0 atom stereocenters. The predicted molar refractivity (Wildman–Crippen MR) is 91.0 cm³/mol. The minimum absolute atomic E-state index is 0.167. The van der Waals surface area contributed by atoms with Crippen molar-refractivity contribution in [3.05, 3.63) is 57.0 Å². The zero-order valence-electron chi connectivity index (χ0n) is 11.8. The van der Waals surface area contributed by atoms with Crippen molar-refractivity contribution in [2.75, 3.05) is 5.32 Å². The Kier molecular flexibility index (Phi) is 5.63. The van der Waals surface area contributed by atoms with E-state index in [4.69, 9.17) is 39.5 Å². The van der Waals surface area contributed by atoms with Gasteiger partial charge in [0.1, 0.15) is 5.75 Å². The number of nitrogens with one attached hydrogen (secondary N) is 1. The zero-order chi connectivity index (χ0) is 15.4. The molecule has 0 amide bonds. The lowest BCUT2D eigenvalue weighted by atomic mass is 10.2. The first-order valence-corrected chi connectivity index (χ1v) is 7.73. The van der Waals surface area contributed by atoms with Crippen LogP contribution in [0.25, 0.3) is 0 Å². The maximum absolute atomic E-state index is 6.13. The van der Waals surface area contributed by atoms with Crippen molar-refractivity contribution in [1.82, 2.24) is 0 Å². The van der Waals surface area contributed by atoms with Gasteiger partial charge in [-0.15, -0.1) is 0 Å². The SMILES string of the molecule is CC(C)Oc1ccc(CNc2c(Cl)cc(Cl)cc2Cl)cc1. The second-order valence-corrected chi connectivity index (χ2v) is 6.16. The van der Waals surface area contributed by atoms with Gasteiger partial charge in [0.2, 0.25) is 0 Å². The normalized spacial score (nSPS) is 10.8. The van der Waals surface area contributed by atoms with E-state index in [0.717, 1.165) is 11.3 Å². The van der Waals surface area contributed by atoms with Crippen LogP contribution >= 0.6 is 34.8 Å². The number of halogens is 3. The summed E-state index contributed by atoms with van der Waals surface area (Å²) in [6.45, 7) is 4.61. The second-order valence-electron chi connectivity index (χ2n) is 4.91. The molecule has 0 saturated heterocycles. The van der Waals surface area contributed by atoms with Crippen molar-refractivity contribution in [3.63, 3.8) is 0 Å². The predicted octanol–water partition coefficient (Wildman–Crippen LogP) is 6.05. The van der Waals surface area contributed by atoms with Gasteiger partial charge in [0.05, 0.1) is 21.8 Å². The van der Waals surface area contributed by atoms with E-state index < -0.39 is 0 Å². The molecule has 21 heavy (non-hydrogen) atoms. The highest BCUT2D eigenvalue weighted by atomic mass is 35.5. The van der Waals surface area contributed by atoms with Gasteiger partial charge >= 0.3 is 0 Å². The average molecular weight is 345 g/mol. The highest BCUT2D eigenvalue weighted by molar-refractivity contribution is 6.41. The lowest BCUT2D eigenvalue weighted by Crippen LogP contribution is -2.05. The van der Waals surface area contributed by atoms with Crippen LogP contribution in [0.3, 0.4) is 0 Å². The van der Waals surface area contributed by atoms with Crippen LogP contribution in [0.2, 0.25) is 15.1 Å². The van der Waals surface area contributed by atoms with E-state index in [2.05, 4.69) is 5.32 Å². The zero-order valence-corrected chi connectivity index (χ0v) is 14.1. The Morgan fingerprint density at radius 1 is 1.00 bits per heavy atom. The third-order valence-corrected chi connectivity index (χ3v) is 3.59. The molecule has 2 aromatic rings. The summed E-state index contributed by atoms with van der Waals surface area (Å²) < 4.78 is 5.61. The van der Waals surface area contributed by atoms with Gasteiger partial charge in [0, 0.05) is 11.6 Å². The Bertz CT molecular complexity index is 588. The number of anilines is 1. The van der Waals surface area contributed by atoms with E-state index in [1.54, 1.807) is 12.1 Å². The Morgan fingerprint density at radius 3 is 2.10 bits per heavy atom. The molecule has 0 aromatic heterocycles. The summed E-state index contributed by atoms with van der Waals surface area (Å²) in [5, 5.41) is 4.75. The van der Waals surface area contributed by atoms with Crippen molar-refractivity contribution >= 4 is 40.5 Å². The Balaban J connectivity index is 2.03. The fourth-order valence-corrected chi connectivity index (χ4v) is 2.81. The summed E-state index contributed by atoms with van der Waals surface area (Å²) >= 11 is 18.2. The first-order valence-electron chi connectivity index (χ1n) is 6.59. The van der Waals surface area contributed by atoms with Gasteiger partial charge in [-0.05, 0) is 43.7 Å². The summed E-state index contributed by atoms with van der Waals surface area (Å²) in [4.78, 5) is 0.